The summed E-state index contributed by atoms with van der Waals surface area (Å²) in [4.78, 5) is 60.9. The minimum atomic E-state index is -0.548. The highest BCUT2D eigenvalue weighted by molar-refractivity contribution is 6.31. The normalized spacial score (nSPS) is 23.0. The maximum absolute atomic E-state index is 12.7. The van der Waals surface area contributed by atoms with Crippen molar-refractivity contribution in [1.82, 2.24) is 9.80 Å². The first-order valence-corrected chi connectivity index (χ1v) is 9.91. The van der Waals surface area contributed by atoms with Crippen LogP contribution < -0.4 is 0 Å². The highest BCUT2D eigenvalue weighted by Crippen LogP contribution is 2.25. The van der Waals surface area contributed by atoms with Crippen molar-refractivity contribution in [3.63, 3.8) is 0 Å². The van der Waals surface area contributed by atoms with Crippen LogP contribution in [0.5, 0.6) is 0 Å². The Hall–Kier alpha value is -3.94. The second kappa shape index (κ2) is 8.06. The van der Waals surface area contributed by atoms with Crippen LogP contribution in [0.4, 0.5) is 0 Å². The van der Waals surface area contributed by atoms with Crippen molar-refractivity contribution in [2.75, 3.05) is 0 Å². The standard InChI is InChI=1S/C23H20N4O4/c1-14(18-20(28)24-16-10-3-5-12-26(16)22(18)30)8-7-9-15(2)19-21(29)25-17-11-4-6-13-27(17)23(19)31/h3-6,10-13H,7-9H2,1-2H3/b18-14+,19-15+. The summed E-state index contributed by atoms with van der Waals surface area (Å²) in [5.41, 5.74) is 1.39. The fourth-order valence-corrected chi connectivity index (χ4v) is 3.74. The molecule has 4 aliphatic rings. The maximum Gasteiger partial charge on any atom is 0.284 e. The first kappa shape index (κ1) is 20.3. The molecule has 4 heterocycles. The number of nitrogens with zero attached hydrogens (tertiary/aromatic N) is 4. The molecule has 4 rings (SSSR count). The van der Waals surface area contributed by atoms with Crippen LogP contribution in [0.15, 0.2) is 81.1 Å². The largest absolute Gasteiger partial charge is 0.284 e. The predicted molar refractivity (Wildman–Crippen MR) is 114 cm³/mol. The number of carbonyl (C=O) groups is 4. The van der Waals surface area contributed by atoms with Gasteiger partial charge >= 0.3 is 0 Å². The summed E-state index contributed by atoms with van der Waals surface area (Å²) in [5, 5.41) is 0. The lowest BCUT2D eigenvalue weighted by Crippen LogP contribution is -2.40. The van der Waals surface area contributed by atoms with E-state index in [9.17, 15) is 19.2 Å². The van der Waals surface area contributed by atoms with Crippen molar-refractivity contribution in [2.45, 2.75) is 33.1 Å². The monoisotopic (exact) mass is 416 g/mol. The van der Waals surface area contributed by atoms with Crippen molar-refractivity contribution in [3.05, 3.63) is 71.1 Å². The number of carbonyl (C=O) groups excluding carboxylic acids is 4. The average Bonchev–Trinajstić information content (AvgIpc) is 2.74. The quantitative estimate of drug-likeness (QED) is 0.519. The minimum absolute atomic E-state index is 0.0679. The molecule has 8 heteroatoms. The van der Waals surface area contributed by atoms with Gasteiger partial charge in [0.1, 0.15) is 22.8 Å². The van der Waals surface area contributed by atoms with Crippen LogP contribution in [0, 0.1) is 0 Å². The summed E-state index contributed by atoms with van der Waals surface area (Å²) in [5.74, 6) is -1.27. The number of amides is 4. The fraction of sp³-hybridized carbons (Fsp3) is 0.217. The molecule has 4 aliphatic heterocycles. The van der Waals surface area contributed by atoms with E-state index in [1.54, 1.807) is 62.7 Å². The number of aliphatic imine (C=N–C) groups is 2. The van der Waals surface area contributed by atoms with E-state index < -0.39 is 23.6 Å². The molecule has 0 atom stereocenters. The van der Waals surface area contributed by atoms with E-state index in [2.05, 4.69) is 9.98 Å². The third kappa shape index (κ3) is 3.68. The highest BCUT2D eigenvalue weighted by atomic mass is 16.2. The average molecular weight is 416 g/mol. The molecule has 156 valence electrons. The molecule has 0 bridgehead atoms. The lowest BCUT2D eigenvalue weighted by molar-refractivity contribution is -0.127. The van der Waals surface area contributed by atoms with Gasteiger partial charge in [0.25, 0.3) is 23.6 Å². The van der Waals surface area contributed by atoms with Crippen LogP contribution in [-0.2, 0) is 19.2 Å². The molecule has 0 N–H and O–H groups in total. The Balaban J connectivity index is 1.49. The summed E-state index contributed by atoms with van der Waals surface area (Å²) >= 11 is 0. The molecule has 0 aromatic rings. The highest BCUT2D eigenvalue weighted by Gasteiger charge is 2.34. The van der Waals surface area contributed by atoms with Gasteiger partial charge in [0.05, 0.1) is 0 Å². The zero-order valence-corrected chi connectivity index (χ0v) is 17.2. The van der Waals surface area contributed by atoms with E-state index in [-0.39, 0.29) is 11.1 Å². The van der Waals surface area contributed by atoms with Crippen LogP contribution in [-0.4, -0.2) is 45.1 Å². The van der Waals surface area contributed by atoms with E-state index >= 15 is 0 Å². The van der Waals surface area contributed by atoms with E-state index in [0.717, 1.165) is 0 Å². The van der Waals surface area contributed by atoms with Crippen molar-refractivity contribution >= 4 is 35.3 Å². The van der Waals surface area contributed by atoms with Gasteiger partial charge in [-0.2, -0.15) is 9.98 Å². The van der Waals surface area contributed by atoms with Crippen molar-refractivity contribution in [1.29, 1.82) is 0 Å². The summed E-state index contributed by atoms with van der Waals surface area (Å²) < 4.78 is 0. The van der Waals surface area contributed by atoms with Gasteiger partial charge in [-0.1, -0.05) is 23.3 Å². The Kier molecular flexibility index (Phi) is 5.29. The number of fused-ring (bicyclic) bond motifs is 2. The Morgan fingerprint density at radius 2 is 1.13 bits per heavy atom. The second-order valence-electron chi connectivity index (χ2n) is 7.47. The first-order valence-electron chi connectivity index (χ1n) is 9.91. The molecule has 0 radical (unpaired) electrons. The summed E-state index contributed by atoms with van der Waals surface area (Å²) in [6.07, 6.45) is 14.7. The predicted octanol–water partition coefficient (Wildman–Crippen LogP) is 2.49. The smallest absolute Gasteiger partial charge is 0.268 e. The van der Waals surface area contributed by atoms with Crippen molar-refractivity contribution < 1.29 is 19.2 Å². The lowest BCUT2D eigenvalue weighted by Gasteiger charge is -2.26. The molecule has 4 amide bonds. The summed E-state index contributed by atoms with van der Waals surface area (Å²) in [6.45, 7) is 3.46. The van der Waals surface area contributed by atoms with Crippen LogP contribution in [0.1, 0.15) is 33.1 Å². The first-order chi connectivity index (χ1) is 14.9. The van der Waals surface area contributed by atoms with Crippen molar-refractivity contribution in [2.24, 2.45) is 9.98 Å². The van der Waals surface area contributed by atoms with Gasteiger partial charge in [-0.3, -0.25) is 29.0 Å². The van der Waals surface area contributed by atoms with E-state index in [1.807, 2.05) is 0 Å². The molecule has 0 saturated carbocycles. The molecule has 0 unspecified atom stereocenters. The van der Waals surface area contributed by atoms with Gasteiger partial charge in [0.2, 0.25) is 0 Å². The molecule has 0 fully saturated rings. The van der Waals surface area contributed by atoms with Crippen LogP contribution in [0.25, 0.3) is 0 Å². The topological polar surface area (TPSA) is 99.5 Å². The van der Waals surface area contributed by atoms with Gasteiger partial charge in [-0.25, -0.2) is 0 Å². The summed E-state index contributed by atoms with van der Waals surface area (Å²) in [6, 6.07) is 0. The summed E-state index contributed by atoms with van der Waals surface area (Å²) in [7, 11) is 0. The third-order valence-electron chi connectivity index (χ3n) is 5.36. The van der Waals surface area contributed by atoms with Gasteiger partial charge in [-0.15, -0.1) is 0 Å². The van der Waals surface area contributed by atoms with Gasteiger partial charge in [-0.05, 0) is 57.4 Å². The maximum atomic E-state index is 12.7. The SMILES string of the molecule is C/C(CCC/C(C)=C1\C(=O)N=C2C=CC=CN2C1=O)=C1/C(=O)N=C2C=CC=CN2C1=O. The Morgan fingerprint density at radius 1 is 0.710 bits per heavy atom. The molecule has 0 spiro atoms. The van der Waals surface area contributed by atoms with Crippen LogP contribution in [0.3, 0.4) is 0 Å². The van der Waals surface area contributed by atoms with Crippen LogP contribution >= 0.6 is 0 Å². The molecule has 0 aromatic carbocycles. The lowest BCUT2D eigenvalue weighted by atomic mass is 9.96. The van der Waals surface area contributed by atoms with Gasteiger partial charge in [0, 0.05) is 12.4 Å². The number of hydrogen-bond donors (Lipinski definition) is 0. The zero-order valence-electron chi connectivity index (χ0n) is 17.2. The molecule has 8 nitrogen and oxygen atoms in total. The molecule has 0 saturated heterocycles. The van der Waals surface area contributed by atoms with Crippen molar-refractivity contribution in [3.8, 4) is 0 Å². The van der Waals surface area contributed by atoms with E-state index in [4.69, 9.17) is 0 Å². The number of allylic oxidation sites excluding steroid dienone is 6. The molecular weight excluding hydrogens is 396 g/mol. The van der Waals surface area contributed by atoms with E-state index in [0.29, 0.717) is 42.1 Å². The minimum Gasteiger partial charge on any atom is -0.268 e. The Bertz CT molecular complexity index is 1070. The second-order valence-corrected chi connectivity index (χ2v) is 7.47. The molecule has 0 aliphatic carbocycles. The molecule has 31 heavy (non-hydrogen) atoms. The molecule has 0 aromatic heterocycles. The number of rotatable bonds is 4. The zero-order chi connectivity index (χ0) is 22.1. The van der Waals surface area contributed by atoms with Gasteiger partial charge in [0.15, 0.2) is 0 Å². The van der Waals surface area contributed by atoms with E-state index in [1.165, 1.54) is 9.80 Å². The molecular formula is C23H20N4O4. The van der Waals surface area contributed by atoms with Crippen LogP contribution in [0.2, 0.25) is 0 Å². The Morgan fingerprint density at radius 3 is 1.55 bits per heavy atom. The number of amidine groups is 2. The fourth-order valence-electron chi connectivity index (χ4n) is 3.74. The van der Waals surface area contributed by atoms with Gasteiger partial charge < -0.3 is 0 Å². The Labute approximate surface area is 179 Å². The third-order valence-corrected chi connectivity index (χ3v) is 5.36. The number of hydrogen-bond acceptors (Lipinski definition) is 4.